The molecule has 0 aliphatic heterocycles. The number of rotatable bonds is 7. The van der Waals surface area contributed by atoms with Crippen LogP contribution < -0.4 is 0 Å². The van der Waals surface area contributed by atoms with E-state index < -0.39 is 0 Å². The topological polar surface area (TPSA) is 0 Å². The van der Waals surface area contributed by atoms with Crippen LogP contribution in [0.2, 0.25) is 0 Å². The minimum atomic E-state index is 0.845. The molecule has 0 saturated carbocycles. The van der Waals surface area contributed by atoms with Gasteiger partial charge >= 0.3 is 0 Å². The molecule has 2 aliphatic rings. The number of benzene rings is 2. The van der Waals surface area contributed by atoms with Crippen molar-refractivity contribution in [3.8, 4) is 11.1 Å². The Kier molecular flexibility index (Phi) is 7.26. The van der Waals surface area contributed by atoms with Gasteiger partial charge in [0.1, 0.15) is 0 Å². The maximum absolute atomic E-state index is 2.52. The molecule has 0 heterocycles. The van der Waals surface area contributed by atoms with Crippen molar-refractivity contribution in [1.29, 1.82) is 0 Å². The van der Waals surface area contributed by atoms with E-state index in [4.69, 9.17) is 0 Å². The lowest BCUT2D eigenvalue weighted by molar-refractivity contribution is 0.428. The van der Waals surface area contributed by atoms with Crippen LogP contribution in [-0.2, 0) is 0 Å². The average molecular weight is 399 g/mol. The Morgan fingerprint density at radius 2 is 1.20 bits per heavy atom. The first kappa shape index (κ1) is 21.2. The number of unbranched alkanes of at least 4 members (excludes halogenated alkanes) is 2. The van der Waals surface area contributed by atoms with Crippen LogP contribution >= 0.6 is 0 Å². The van der Waals surface area contributed by atoms with Crippen LogP contribution in [0.25, 0.3) is 22.3 Å². The molecule has 2 atom stereocenters. The Bertz CT molecular complexity index is 863. The van der Waals surface area contributed by atoms with E-state index in [1.165, 1.54) is 92.0 Å². The van der Waals surface area contributed by atoms with Crippen molar-refractivity contribution in [3.63, 3.8) is 0 Å². The molecular formula is C30H38. The monoisotopic (exact) mass is 398 g/mol. The van der Waals surface area contributed by atoms with Crippen LogP contribution in [0.5, 0.6) is 0 Å². The van der Waals surface area contributed by atoms with Crippen LogP contribution in [0.1, 0.15) is 89.2 Å². The first-order chi connectivity index (χ1) is 14.7. The molecule has 0 aromatic heterocycles. The van der Waals surface area contributed by atoms with Crippen molar-refractivity contribution >= 4 is 11.1 Å². The number of hydrogen-bond donors (Lipinski definition) is 0. The molecule has 4 rings (SSSR count). The Morgan fingerprint density at radius 3 is 1.67 bits per heavy atom. The van der Waals surface area contributed by atoms with Gasteiger partial charge in [-0.2, -0.15) is 0 Å². The number of hydrogen-bond acceptors (Lipinski definition) is 0. The quantitative estimate of drug-likeness (QED) is 0.407. The fraction of sp³-hybridized carbons (Fsp3) is 0.467. The van der Waals surface area contributed by atoms with Gasteiger partial charge in [0.2, 0.25) is 0 Å². The first-order valence-electron chi connectivity index (χ1n) is 12.3. The van der Waals surface area contributed by atoms with E-state index in [1.807, 2.05) is 0 Å². The van der Waals surface area contributed by atoms with Gasteiger partial charge in [-0.15, -0.1) is 0 Å². The molecule has 0 radical (unpaired) electrons. The Balaban J connectivity index is 1.38. The van der Waals surface area contributed by atoms with Crippen LogP contribution in [-0.4, -0.2) is 0 Å². The Hall–Kier alpha value is -2.08. The molecule has 0 fully saturated rings. The van der Waals surface area contributed by atoms with E-state index in [1.54, 1.807) is 5.57 Å². The van der Waals surface area contributed by atoms with E-state index in [-0.39, 0.29) is 0 Å². The van der Waals surface area contributed by atoms with Gasteiger partial charge in [-0.25, -0.2) is 0 Å². The van der Waals surface area contributed by atoms with Crippen molar-refractivity contribution in [1.82, 2.24) is 0 Å². The summed E-state index contributed by atoms with van der Waals surface area (Å²) in [5.41, 5.74) is 8.57. The number of allylic oxidation sites excluding steroid dienone is 4. The molecule has 158 valence electrons. The van der Waals surface area contributed by atoms with E-state index in [0.29, 0.717) is 0 Å². The molecular weight excluding hydrogens is 360 g/mol. The highest BCUT2D eigenvalue weighted by molar-refractivity contribution is 5.73. The molecule has 0 saturated heterocycles. The molecule has 0 heteroatoms. The van der Waals surface area contributed by atoms with Crippen LogP contribution in [0, 0.1) is 11.8 Å². The van der Waals surface area contributed by atoms with Gasteiger partial charge in [-0.3, -0.25) is 0 Å². The summed E-state index contributed by atoms with van der Waals surface area (Å²) < 4.78 is 0. The third kappa shape index (κ3) is 5.34. The van der Waals surface area contributed by atoms with Gasteiger partial charge in [0, 0.05) is 0 Å². The fourth-order valence-electron chi connectivity index (χ4n) is 5.08. The highest BCUT2D eigenvalue weighted by Gasteiger charge is 2.15. The molecule has 0 spiro atoms. The Labute approximate surface area is 184 Å². The standard InChI is InChI=1S/C30H38/c1-3-4-5-6-24-9-13-26(14-10-24)28-17-21-30(22-18-28)29-19-15-27(16-20-29)25-11-7-23(2)8-12-25/h11,13,15-24H,3-10,12,14H2,1-2H3. The third-order valence-electron chi connectivity index (χ3n) is 7.25. The summed E-state index contributed by atoms with van der Waals surface area (Å²) in [6.07, 6.45) is 18.2. The van der Waals surface area contributed by atoms with Crippen LogP contribution in [0.15, 0.2) is 60.7 Å². The fourth-order valence-corrected chi connectivity index (χ4v) is 5.08. The van der Waals surface area contributed by atoms with Crippen molar-refractivity contribution in [3.05, 3.63) is 71.8 Å². The minimum absolute atomic E-state index is 0.845. The largest absolute Gasteiger partial charge is 0.0805 e. The molecule has 0 amide bonds. The lowest BCUT2D eigenvalue weighted by Gasteiger charge is -2.22. The maximum Gasteiger partial charge on any atom is -0.0184 e. The van der Waals surface area contributed by atoms with Gasteiger partial charge in [-0.1, -0.05) is 100 Å². The summed E-state index contributed by atoms with van der Waals surface area (Å²) >= 11 is 0. The maximum atomic E-state index is 2.52. The van der Waals surface area contributed by atoms with Gasteiger partial charge in [0.15, 0.2) is 0 Å². The smallest absolute Gasteiger partial charge is 0.0184 e. The zero-order valence-corrected chi connectivity index (χ0v) is 19.0. The highest BCUT2D eigenvalue weighted by Crippen LogP contribution is 2.34. The lowest BCUT2D eigenvalue weighted by Crippen LogP contribution is -2.05. The summed E-state index contributed by atoms with van der Waals surface area (Å²) in [7, 11) is 0. The predicted octanol–water partition coefficient (Wildman–Crippen LogP) is 9.32. The van der Waals surface area contributed by atoms with E-state index in [0.717, 1.165) is 11.8 Å². The minimum Gasteiger partial charge on any atom is -0.0805 e. The van der Waals surface area contributed by atoms with Crippen molar-refractivity contribution in [2.75, 3.05) is 0 Å². The van der Waals surface area contributed by atoms with Gasteiger partial charge in [-0.05, 0) is 83.8 Å². The summed E-state index contributed by atoms with van der Waals surface area (Å²) in [5.74, 6) is 1.76. The second kappa shape index (κ2) is 10.3. The van der Waals surface area contributed by atoms with Crippen molar-refractivity contribution < 1.29 is 0 Å². The summed E-state index contributed by atoms with van der Waals surface area (Å²) in [4.78, 5) is 0. The summed E-state index contributed by atoms with van der Waals surface area (Å²) in [6, 6.07) is 18.5. The average Bonchev–Trinajstić information content (AvgIpc) is 2.81. The zero-order chi connectivity index (χ0) is 20.8. The first-order valence-corrected chi connectivity index (χ1v) is 12.3. The second-order valence-electron chi connectivity index (χ2n) is 9.63. The molecule has 0 bridgehead atoms. The molecule has 0 N–H and O–H groups in total. The zero-order valence-electron chi connectivity index (χ0n) is 19.0. The van der Waals surface area contributed by atoms with Crippen LogP contribution in [0.4, 0.5) is 0 Å². The predicted molar refractivity (Wildman–Crippen MR) is 132 cm³/mol. The van der Waals surface area contributed by atoms with Gasteiger partial charge < -0.3 is 0 Å². The summed E-state index contributed by atoms with van der Waals surface area (Å²) in [5, 5.41) is 0. The molecule has 2 aliphatic carbocycles. The summed E-state index contributed by atoms with van der Waals surface area (Å²) in [6.45, 7) is 4.65. The van der Waals surface area contributed by atoms with Gasteiger partial charge in [0.25, 0.3) is 0 Å². The van der Waals surface area contributed by atoms with Crippen molar-refractivity contribution in [2.45, 2.75) is 78.1 Å². The SMILES string of the molecule is CCCCCC1CC=C(c2ccc(-c3ccc(C4=CCC(C)CC4)cc3)cc2)CC1. The molecule has 2 aromatic rings. The van der Waals surface area contributed by atoms with E-state index in [2.05, 4.69) is 74.5 Å². The third-order valence-corrected chi connectivity index (χ3v) is 7.25. The van der Waals surface area contributed by atoms with Crippen molar-refractivity contribution in [2.24, 2.45) is 11.8 Å². The van der Waals surface area contributed by atoms with E-state index >= 15 is 0 Å². The molecule has 0 nitrogen and oxygen atoms in total. The second-order valence-corrected chi connectivity index (χ2v) is 9.63. The molecule has 2 aromatic carbocycles. The highest BCUT2D eigenvalue weighted by atomic mass is 14.2. The molecule has 2 unspecified atom stereocenters. The van der Waals surface area contributed by atoms with Gasteiger partial charge in [0.05, 0.1) is 0 Å². The normalized spacial score (nSPS) is 21.8. The van der Waals surface area contributed by atoms with Crippen LogP contribution in [0.3, 0.4) is 0 Å². The lowest BCUT2D eigenvalue weighted by atomic mass is 9.83. The Morgan fingerprint density at radius 1 is 0.667 bits per heavy atom. The molecule has 30 heavy (non-hydrogen) atoms. The van der Waals surface area contributed by atoms with E-state index in [9.17, 15) is 0 Å².